The molecule has 1 aliphatic heterocycles. The van der Waals surface area contributed by atoms with Gasteiger partial charge in [0, 0.05) is 18.8 Å². The normalized spacial score (nSPS) is 13.4. The lowest BCUT2D eigenvalue weighted by Gasteiger charge is -2.21. The van der Waals surface area contributed by atoms with Crippen LogP contribution in [0.2, 0.25) is 0 Å². The number of pyridine rings is 1. The van der Waals surface area contributed by atoms with Crippen LogP contribution in [0.1, 0.15) is 28.5 Å². The van der Waals surface area contributed by atoms with Crippen molar-refractivity contribution in [1.29, 1.82) is 0 Å². The lowest BCUT2D eigenvalue weighted by molar-refractivity contribution is -0.122. The number of carbonyl (C=O) groups excluding carboxylic acids is 2. The first-order valence-corrected chi connectivity index (χ1v) is 8.73. The van der Waals surface area contributed by atoms with Crippen molar-refractivity contribution < 1.29 is 19.1 Å². The fraction of sp³-hybridized carbons (Fsp3) is 0.316. The molecule has 1 atom stereocenters. The van der Waals surface area contributed by atoms with Crippen LogP contribution in [0.3, 0.4) is 0 Å². The van der Waals surface area contributed by atoms with Crippen molar-refractivity contribution in [2.24, 2.45) is 5.73 Å². The molecule has 0 spiro atoms. The minimum Gasteiger partial charge on any atom is -0.454 e. The predicted octanol–water partition coefficient (Wildman–Crippen LogP) is 0.339. The topological polar surface area (TPSA) is 127 Å². The number of ether oxygens (including phenoxy) is 2. The van der Waals surface area contributed by atoms with Crippen LogP contribution in [-0.4, -0.2) is 41.6 Å². The van der Waals surface area contributed by atoms with Crippen LogP contribution in [0.15, 0.2) is 35.1 Å². The molecule has 148 valence electrons. The second-order valence-corrected chi connectivity index (χ2v) is 6.59. The lowest BCUT2D eigenvalue weighted by Crippen LogP contribution is -2.40. The standard InChI is InChI=1S/C19H22N4O5/c1-11(17(20)24)23(2)9-13-4-5-14(19(26)22-13)18(25)21-8-12-3-6-15-16(7-12)28-10-27-15/h3-7,11H,8-10H2,1-2H3,(H2,20,24)(H,21,25)(H,22,26)/t11-/m1/s1. The molecule has 28 heavy (non-hydrogen) atoms. The summed E-state index contributed by atoms with van der Waals surface area (Å²) in [5.74, 6) is 0.356. The molecule has 0 unspecified atom stereocenters. The predicted molar refractivity (Wildman–Crippen MR) is 101 cm³/mol. The van der Waals surface area contributed by atoms with Crippen LogP contribution < -0.4 is 26.1 Å². The van der Waals surface area contributed by atoms with Gasteiger partial charge >= 0.3 is 0 Å². The third kappa shape index (κ3) is 4.32. The molecule has 1 aromatic carbocycles. The maximum absolute atomic E-state index is 12.3. The van der Waals surface area contributed by atoms with Gasteiger partial charge in [-0.2, -0.15) is 0 Å². The summed E-state index contributed by atoms with van der Waals surface area (Å²) >= 11 is 0. The molecule has 3 rings (SSSR count). The number of hydrogen-bond donors (Lipinski definition) is 3. The van der Waals surface area contributed by atoms with Gasteiger partial charge in [-0.25, -0.2) is 0 Å². The molecule has 9 nitrogen and oxygen atoms in total. The van der Waals surface area contributed by atoms with Crippen molar-refractivity contribution in [1.82, 2.24) is 15.2 Å². The van der Waals surface area contributed by atoms with E-state index in [-0.39, 0.29) is 18.9 Å². The summed E-state index contributed by atoms with van der Waals surface area (Å²) in [6, 6.07) is 8.00. The molecule has 0 fully saturated rings. The highest BCUT2D eigenvalue weighted by Gasteiger charge is 2.17. The number of H-pyrrole nitrogens is 1. The third-order valence-electron chi connectivity index (χ3n) is 4.60. The van der Waals surface area contributed by atoms with Crippen molar-refractivity contribution >= 4 is 11.8 Å². The Hall–Kier alpha value is -3.33. The number of amides is 2. The first-order chi connectivity index (χ1) is 13.3. The Labute approximate surface area is 161 Å². The van der Waals surface area contributed by atoms with Gasteiger partial charge in [0.2, 0.25) is 12.7 Å². The minimum atomic E-state index is -0.499. The Balaban J connectivity index is 1.62. The van der Waals surface area contributed by atoms with Gasteiger partial charge in [0.25, 0.3) is 11.5 Å². The molecule has 2 amide bonds. The number of nitrogens with two attached hydrogens (primary N) is 1. The maximum atomic E-state index is 12.3. The summed E-state index contributed by atoms with van der Waals surface area (Å²) < 4.78 is 10.5. The van der Waals surface area contributed by atoms with Crippen molar-refractivity contribution in [3.05, 3.63) is 57.5 Å². The zero-order chi connectivity index (χ0) is 20.3. The van der Waals surface area contributed by atoms with Gasteiger partial charge in [-0.3, -0.25) is 19.3 Å². The molecule has 0 radical (unpaired) electrons. The number of carbonyl (C=O) groups is 2. The number of primary amides is 1. The zero-order valence-electron chi connectivity index (χ0n) is 15.7. The van der Waals surface area contributed by atoms with Crippen molar-refractivity contribution in [3.8, 4) is 11.5 Å². The highest BCUT2D eigenvalue weighted by molar-refractivity contribution is 5.93. The molecule has 0 bridgehead atoms. The van der Waals surface area contributed by atoms with Crippen LogP contribution >= 0.6 is 0 Å². The van der Waals surface area contributed by atoms with E-state index >= 15 is 0 Å². The van der Waals surface area contributed by atoms with Crippen LogP contribution in [-0.2, 0) is 17.9 Å². The van der Waals surface area contributed by atoms with Crippen molar-refractivity contribution in [3.63, 3.8) is 0 Å². The lowest BCUT2D eigenvalue weighted by atomic mass is 10.2. The zero-order valence-corrected chi connectivity index (χ0v) is 15.7. The molecular formula is C19H22N4O5. The Morgan fingerprint density at radius 2 is 2.00 bits per heavy atom. The van der Waals surface area contributed by atoms with Gasteiger partial charge < -0.3 is 25.5 Å². The number of aromatic nitrogens is 1. The van der Waals surface area contributed by atoms with Crippen LogP contribution in [0.25, 0.3) is 0 Å². The number of likely N-dealkylation sites (N-methyl/N-ethyl adjacent to an activating group) is 1. The second-order valence-electron chi connectivity index (χ2n) is 6.59. The minimum absolute atomic E-state index is 0.00935. The molecule has 0 aliphatic carbocycles. The summed E-state index contributed by atoms with van der Waals surface area (Å²) in [5.41, 5.74) is 6.19. The van der Waals surface area contributed by atoms with Gasteiger partial charge in [0.05, 0.1) is 6.04 Å². The van der Waals surface area contributed by atoms with E-state index in [4.69, 9.17) is 15.2 Å². The molecule has 2 aromatic rings. The van der Waals surface area contributed by atoms with Crippen LogP contribution in [0, 0.1) is 0 Å². The van der Waals surface area contributed by atoms with E-state index in [0.29, 0.717) is 23.7 Å². The van der Waals surface area contributed by atoms with E-state index in [2.05, 4.69) is 10.3 Å². The Morgan fingerprint density at radius 3 is 2.71 bits per heavy atom. The van der Waals surface area contributed by atoms with E-state index in [1.807, 2.05) is 6.07 Å². The van der Waals surface area contributed by atoms with Gasteiger partial charge in [-0.15, -0.1) is 0 Å². The molecule has 1 aromatic heterocycles. The molecule has 1 aliphatic rings. The Kier molecular flexibility index (Phi) is 5.65. The number of fused-ring (bicyclic) bond motifs is 1. The molecular weight excluding hydrogens is 364 g/mol. The highest BCUT2D eigenvalue weighted by atomic mass is 16.7. The maximum Gasteiger partial charge on any atom is 0.261 e. The number of nitrogens with zero attached hydrogens (tertiary/aromatic N) is 1. The Morgan fingerprint density at radius 1 is 1.25 bits per heavy atom. The number of nitrogens with one attached hydrogen (secondary N) is 2. The largest absolute Gasteiger partial charge is 0.454 e. The summed E-state index contributed by atoms with van der Waals surface area (Å²) in [6.07, 6.45) is 0. The summed E-state index contributed by atoms with van der Waals surface area (Å²) in [6.45, 7) is 2.42. The quantitative estimate of drug-likeness (QED) is 0.630. The van der Waals surface area contributed by atoms with Crippen molar-refractivity contribution in [2.45, 2.75) is 26.1 Å². The third-order valence-corrected chi connectivity index (χ3v) is 4.60. The fourth-order valence-electron chi connectivity index (χ4n) is 2.74. The summed E-state index contributed by atoms with van der Waals surface area (Å²) in [5, 5.41) is 2.71. The molecule has 9 heteroatoms. The number of benzene rings is 1. The molecule has 4 N–H and O–H groups in total. The van der Waals surface area contributed by atoms with E-state index in [1.54, 1.807) is 37.1 Å². The summed E-state index contributed by atoms with van der Waals surface area (Å²) in [7, 11) is 1.72. The SMILES string of the molecule is C[C@H](C(N)=O)N(C)Cc1ccc(C(=O)NCc2ccc3c(c2)OCO3)c(=O)[nH]1. The van der Waals surface area contributed by atoms with Crippen LogP contribution in [0.5, 0.6) is 11.5 Å². The first kappa shape index (κ1) is 19.4. The van der Waals surface area contributed by atoms with Gasteiger partial charge in [0.15, 0.2) is 11.5 Å². The molecule has 0 saturated carbocycles. The first-order valence-electron chi connectivity index (χ1n) is 8.73. The van der Waals surface area contributed by atoms with E-state index < -0.39 is 23.4 Å². The van der Waals surface area contributed by atoms with Crippen molar-refractivity contribution in [2.75, 3.05) is 13.8 Å². The van der Waals surface area contributed by atoms with Crippen LogP contribution in [0.4, 0.5) is 0 Å². The smallest absolute Gasteiger partial charge is 0.261 e. The molecule has 2 heterocycles. The van der Waals surface area contributed by atoms with E-state index in [9.17, 15) is 14.4 Å². The van der Waals surface area contributed by atoms with Gasteiger partial charge in [-0.1, -0.05) is 6.07 Å². The van der Waals surface area contributed by atoms with E-state index in [0.717, 1.165) is 5.56 Å². The average Bonchev–Trinajstić information content (AvgIpc) is 3.13. The molecule has 0 saturated heterocycles. The monoisotopic (exact) mass is 386 g/mol. The Bertz CT molecular complexity index is 956. The van der Waals surface area contributed by atoms with Gasteiger partial charge in [-0.05, 0) is 43.8 Å². The second kappa shape index (κ2) is 8.13. The summed E-state index contributed by atoms with van der Waals surface area (Å²) in [4.78, 5) is 40.2. The number of aromatic amines is 1. The fourth-order valence-corrected chi connectivity index (χ4v) is 2.74. The number of hydrogen-bond acceptors (Lipinski definition) is 6. The highest BCUT2D eigenvalue weighted by Crippen LogP contribution is 2.32. The number of rotatable bonds is 7. The van der Waals surface area contributed by atoms with E-state index in [1.165, 1.54) is 6.07 Å². The van der Waals surface area contributed by atoms with Gasteiger partial charge in [0.1, 0.15) is 5.56 Å². The average molecular weight is 386 g/mol.